The Morgan fingerprint density at radius 2 is 1.95 bits per heavy atom. The summed E-state index contributed by atoms with van der Waals surface area (Å²) in [4.78, 5) is 12.4. The van der Waals surface area contributed by atoms with Gasteiger partial charge in [0, 0.05) is 18.0 Å². The van der Waals surface area contributed by atoms with Gasteiger partial charge in [0.1, 0.15) is 4.88 Å². The number of hydrogen-bond acceptors (Lipinski definition) is 4. The molecule has 0 aliphatic carbocycles. The fraction of sp³-hybridized carbons (Fsp3) is 0.267. The van der Waals surface area contributed by atoms with Crippen LogP contribution in [0, 0.1) is 6.92 Å². The van der Waals surface area contributed by atoms with Gasteiger partial charge in [-0.1, -0.05) is 17.7 Å². The number of carbonyl (C=O) groups is 1. The third kappa shape index (κ3) is 2.67. The molecule has 7 heteroatoms. The molecule has 0 fully saturated rings. The van der Waals surface area contributed by atoms with Gasteiger partial charge in [-0.05, 0) is 37.1 Å². The molecule has 1 N–H and O–H groups in total. The Bertz CT molecular complexity index is 822. The molecule has 0 bridgehead atoms. The maximum absolute atomic E-state index is 12.7. The van der Waals surface area contributed by atoms with Gasteiger partial charge in [-0.15, -0.1) is 11.3 Å². The molecule has 0 unspecified atom stereocenters. The molecule has 0 radical (unpaired) electrons. The second-order valence-corrected chi connectivity index (χ2v) is 8.34. The van der Waals surface area contributed by atoms with E-state index in [0.29, 0.717) is 13.0 Å². The number of hydrogen-bond donors (Lipinski definition) is 1. The molecule has 0 spiro atoms. The van der Waals surface area contributed by atoms with Gasteiger partial charge in [0.2, 0.25) is 10.0 Å². The Balaban J connectivity index is 1.90. The molecule has 3 rings (SSSR count). The van der Waals surface area contributed by atoms with Crippen molar-refractivity contribution in [1.82, 2.24) is 4.31 Å². The minimum atomic E-state index is -3.54. The molecule has 1 aliphatic rings. The lowest BCUT2D eigenvalue weighted by Gasteiger charge is -2.26. The van der Waals surface area contributed by atoms with Crippen LogP contribution in [0.5, 0.6) is 0 Å². The molecule has 116 valence electrons. The standard InChI is InChI=1S/C15H15NO4S2/c1-10-2-4-12(5-3-10)22(19,20)16-7-6-11-8-13(15(17)18)21-14(11)9-16/h2-5,8H,6-7,9H2,1H3,(H,17,18). The van der Waals surface area contributed by atoms with Gasteiger partial charge in [0.05, 0.1) is 4.90 Å². The quantitative estimate of drug-likeness (QED) is 0.934. The van der Waals surface area contributed by atoms with Crippen LogP contribution in [-0.4, -0.2) is 30.3 Å². The third-order valence-corrected chi connectivity index (χ3v) is 6.73. The monoisotopic (exact) mass is 337 g/mol. The number of carboxylic acids is 1. The summed E-state index contributed by atoms with van der Waals surface area (Å²) >= 11 is 1.16. The molecular weight excluding hydrogens is 322 g/mol. The summed E-state index contributed by atoms with van der Waals surface area (Å²) < 4.78 is 26.7. The van der Waals surface area contributed by atoms with E-state index in [4.69, 9.17) is 5.11 Å². The SMILES string of the molecule is Cc1ccc(S(=O)(=O)N2CCc3cc(C(=O)O)sc3C2)cc1. The normalized spacial score (nSPS) is 15.5. The number of sulfonamides is 1. The second kappa shape index (κ2) is 5.49. The number of nitrogens with zero attached hydrogens (tertiary/aromatic N) is 1. The maximum atomic E-state index is 12.7. The van der Waals surface area contributed by atoms with Crippen molar-refractivity contribution in [3.05, 3.63) is 51.2 Å². The molecular formula is C15H15NO4S2. The number of aromatic carboxylic acids is 1. The van der Waals surface area contributed by atoms with E-state index in [1.165, 1.54) is 4.31 Å². The van der Waals surface area contributed by atoms with E-state index in [0.717, 1.165) is 27.3 Å². The van der Waals surface area contributed by atoms with Gasteiger partial charge in [-0.25, -0.2) is 13.2 Å². The summed E-state index contributed by atoms with van der Waals surface area (Å²) in [7, 11) is -3.54. The van der Waals surface area contributed by atoms with Gasteiger partial charge in [0.15, 0.2) is 0 Å². The lowest BCUT2D eigenvalue weighted by molar-refractivity contribution is 0.0702. The highest BCUT2D eigenvalue weighted by Gasteiger charge is 2.30. The molecule has 5 nitrogen and oxygen atoms in total. The summed E-state index contributed by atoms with van der Waals surface area (Å²) in [5.74, 6) is -0.965. The van der Waals surface area contributed by atoms with Gasteiger partial charge in [-0.3, -0.25) is 0 Å². The van der Waals surface area contributed by atoms with Crippen molar-refractivity contribution in [3.63, 3.8) is 0 Å². The first kappa shape index (κ1) is 15.2. The Kier molecular flexibility index (Phi) is 3.80. The molecule has 0 saturated carbocycles. The van der Waals surface area contributed by atoms with E-state index in [1.54, 1.807) is 30.3 Å². The van der Waals surface area contributed by atoms with E-state index in [9.17, 15) is 13.2 Å². The van der Waals surface area contributed by atoms with Crippen LogP contribution in [0.2, 0.25) is 0 Å². The zero-order valence-corrected chi connectivity index (χ0v) is 13.6. The van der Waals surface area contributed by atoms with Crippen LogP contribution in [0.1, 0.15) is 25.7 Å². The predicted octanol–water partition coefficient (Wildman–Crippen LogP) is 2.50. The lowest BCUT2D eigenvalue weighted by Crippen LogP contribution is -2.35. The molecule has 2 heterocycles. The second-order valence-electron chi connectivity index (χ2n) is 5.27. The highest BCUT2D eigenvalue weighted by Crippen LogP contribution is 2.31. The summed E-state index contributed by atoms with van der Waals surface area (Å²) in [5.41, 5.74) is 1.95. The van der Waals surface area contributed by atoms with Crippen molar-refractivity contribution in [2.45, 2.75) is 24.8 Å². The molecule has 0 atom stereocenters. The summed E-state index contributed by atoms with van der Waals surface area (Å²) in [5, 5.41) is 9.04. The van der Waals surface area contributed by atoms with Crippen LogP contribution >= 0.6 is 11.3 Å². The minimum absolute atomic E-state index is 0.240. The number of benzene rings is 1. The van der Waals surface area contributed by atoms with Gasteiger partial charge in [0.25, 0.3) is 0 Å². The smallest absolute Gasteiger partial charge is 0.345 e. The molecule has 22 heavy (non-hydrogen) atoms. The van der Waals surface area contributed by atoms with Crippen molar-refractivity contribution in [2.24, 2.45) is 0 Å². The number of aryl methyl sites for hydroxylation is 1. The number of fused-ring (bicyclic) bond motifs is 1. The summed E-state index contributed by atoms with van der Waals surface area (Å²) in [6.45, 7) is 2.52. The lowest BCUT2D eigenvalue weighted by atomic mass is 10.1. The first-order valence-corrected chi connectivity index (χ1v) is 9.05. The number of thiophene rings is 1. The molecule has 1 aromatic carbocycles. The summed E-state index contributed by atoms with van der Waals surface area (Å²) in [6, 6.07) is 8.42. The third-order valence-electron chi connectivity index (χ3n) is 3.72. The Morgan fingerprint density at radius 3 is 2.59 bits per heavy atom. The van der Waals surface area contributed by atoms with Crippen molar-refractivity contribution in [3.8, 4) is 0 Å². The van der Waals surface area contributed by atoms with Gasteiger partial charge >= 0.3 is 5.97 Å². The molecule has 0 amide bonds. The number of carboxylic acid groups (broad SMARTS) is 1. The fourth-order valence-electron chi connectivity index (χ4n) is 2.47. The fourth-order valence-corrected chi connectivity index (χ4v) is 5.02. The van der Waals surface area contributed by atoms with Crippen LogP contribution in [0.25, 0.3) is 0 Å². The molecule has 1 aliphatic heterocycles. The van der Waals surface area contributed by atoms with E-state index in [2.05, 4.69) is 0 Å². The topological polar surface area (TPSA) is 74.7 Å². The molecule has 2 aromatic rings. The average molecular weight is 337 g/mol. The Hall–Kier alpha value is -1.70. The highest BCUT2D eigenvalue weighted by molar-refractivity contribution is 7.89. The van der Waals surface area contributed by atoms with Crippen LogP contribution in [0.3, 0.4) is 0 Å². The van der Waals surface area contributed by atoms with E-state index in [-0.39, 0.29) is 16.3 Å². The van der Waals surface area contributed by atoms with E-state index in [1.807, 2.05) is 6.92 Å². The van der Waals surface area contributed by atoms with E-state index < -0.39 is 16.0 Å². The van der Waals surface area contributed by atoms with Crippen molar-refractivity contribution in [1.29, 1.82) is 0 Å². The maximum Gasteiger partial charge on any atom is 0.345 e. The van der Waals surface area contributed by atoms with Crippen LogP contribution in [0.4, 0.5) is 0 Å². The van der Waals surface area contributed by atoms with Crippen LogP contribution < -0.4 is 0 Å². The summed E-state index contributed by atoms with van der Waals surface area (Å²) in [6.07, 6.45) is 0.546. The van der Waals surface area contributed by atoms with E-state index >= 15 is 0 Å². The van der Waals surface area contributed by atoms with Crippen LogP contribution in [-0.2, 0) is 23.0 Å². The van der Waals surface area contributed by atoms with Crippen LogP contribution in [0.15, 0.2) is 35.2 Å². The highest BCUT2D eigenvalue weighted by atomic mass is 32.2. The van der Waals surface area contributed by atoms with Crippen molar-refractivity contribution < 1.29 is 18.3 Å². The Labute approximate surface area is 132 Å². The largest absolute Gasteiger partial charge is 0.477 e. The Morgan fingerprint density at radius 1 is 1.27 bits per heavy atom. The van der Waals surface area contributed by atoms with Gasteiger partial charge < -0.3 is 5.11 Å². The van der Waals surface area contributed by atoms with Crippen molar-refractivity contribution in [2.75, 3.05) is 6.54 Å². The average Bonchev–Trinajstić information content (AvgIpc) is 2.91. The predicted molar refractivity (Wildman–Crippen MR) is 83.8 cm³/mol. The zero-order valence-electron chi connectivity index (χ0n) is 11.9. The minimum Gasteiger partial charge on any atom is -0.477 e. The first-order chi connectivity index (χ1) is 10.4. The zero-order chi connectivity index (χ0) is 15.9. The molecule has 1 aromatic heterocycles. The van der Waals surface area contributed by atoms with Crippen molar-refractivity contribution >= 4 is 27.3 Å². The first-order valence-electron chi connectivity index (χ1n) is 6.79. The molecule has 0 saturated heterocycles. The number of rotatable bonds is 3. The van der Waals surface area contributed by atoms with Gasteiger partial charge in [-0.2, -0.15) is 4.31 Å².